The molecule has 140 valence electrons. The van der Waals surface area contributed by atoms with Gasteiger partial charge in [-0.1, -0.05) is 12.1 Å². The van der Waals surface area contributed by atoms with E-state index in [1.165, 1.54) is 6.07 Å². The number of methoxy groups -OCH3 is 1. The molecule has 4 rings (SSSR count). The van der Waals surface area contributed by atoms with Crippen LogP contribution in [0.25, 0.3) is 10.9 Å². The Morgan fingerprint density at radius 2 is 2.07 bits per heavy atom. The van der Waals surface area contributed by atoms with E-state index in [0.717, 1.165) is 35.0 Å². The molecular weight excluding hydrogens is 347 g/mol. The molecule has 3 aromatic rings. The van der Waals surface area contributed by atoms with Crippen LogP contribution in [0.5, 0.6) is 11.5 Å². The summed E-state index contributed by atoms with van der Waals surface area (Å²) in [4.78, 5) is 15.7. The third-order valence-corrected chi connectivity index (χ3v) is 4.94. The van der Waals surface area contributed by atoms with E-state index >= 15 is 0 Å². The fourth-order valence-electron chi connectivity index (χ4n) is 3.66. The highest BCUT2D eigenvalue weighted by molar-refractivity contribution is 5.85. The molecule has 27 heavy (non-hydrogen) atoms. The fourth-order valence-corrected chi connectivity index (χ4v) is 3.66. The van der Waals surface area contributed by atoms with Gasteiger partial charge >= 0.3 is 0 Å². The van der Waals surface area contributed by atoms with Crippen LogP contribution in [-0.2, 0) is 17.6 Å². The van der Waals surface area contributed by atoms with Crippen LogP contribution in [0, 0.1) is 5.82 Å². The molecule has 2 aromatic carbocycles. The maximum absolute atomic E-state index is 13.6. The van der Waals surface area contributed by atoms with Gasteiger partial charge in [-0.05, 0) is 55.2 Å². The van der Waals surface area contributed by atoms with Crippen molar-refractivity contribution >= 4 is 16.8 Å². The van der Waals surface area contributed by atoms with Crippen LogP contribution in [0.3, 0.4) is 0 Å². The lowest BCUT2D eigenvalue weighted by atomic mass is 9.91. The Morgan fingerprint density at radius 3 is 2.89 bits per heavy atom. The average Bonchev–Trinajstić information content (AvgIpc) is 3.04. The summed E-state index contributed by atoms with van der Waals surface area (Å²) in [7, 11) is 1.56. The molecule has 0 saturated heterocycles. The molecule has 1 aromatic heterocycles. The van der Waals surface area contributed by atoms with Crippen molar-refractivity contribution in [3.8, 4) is 11.5 Å². The van der Waals surface area contributed by atoms with Crippen molar-refractivity contribution < 1.29 is 18.7 Å². The number of hydrogen-bond donors (Lipinski definition) is 2. The molecule has 1 unspecified atom stereocenters. The van der Waals surface area contributed by atoms with Gasteiger partial charge in [0.2, 0.25) is 0 Å². The lowest BCUT2D eigenvalue weighted by molar-refractivity contribution is -0.123. The van der Waals surface area contributed by atoms with Crippen molar-refractivity contribution in [2.24, 2.45) is 0 Å². The van der Waals surface area contributed by atoms with Gasteiger partial charge in [0.05, 0.1) is 7.11 Å². The molecule has 2 N–H and O–H groups in total. The summed E-state index contributed by atoms with van der Waals surface area (Å²) < 4.78 is 24.4. The molecule has 0 spiro atoms. The Kier molecular flexibility index (Phi) is 4.71. The van der Waals surface area contributed by atoms with Crippen molar-refractivity contribution in [2.75, 3.05) is 13.7 Å². The zero-order valence-electron chi connectivity index (χ0n) is 15.0. The first-order valence-electron chi connectivity index (χ1n) is 8.98. The predicted octanol–water partition coefficient (Wildman–Crippen LogP) is 3.37. The van der Waals surface area contributed by atoms with E-state index < -0.39 is 0 Å². The number of aryl methyl sites for hydroxylation is 1. The van der Waals surface area contributed by atoms with Gasteiger partial charge in [0, 0.05) is 22.6 Å². The number of aromatic nitrogens is 1. The first-order valence-corrected chi connectivity index (χ1v) is 8.98. The van der Waals surface area contributed by atoms with Crippen molar-refractivity contribution in [1.29, 1.82) is 0 Å². The number of H-pyrrole nitrogens is 1. The van der Waals surface area contributed by atoms with E-state index in [9.17, 15) is 9.18 Å². The highest BCUT2D eigenvalue weighted by Gasteiger charge is 2.24. The lowest BCUT2D eigenvalue weighted by Crippen LogP contribution is -2.41. The second-order valence-electron chi connectivity index (χ2n) is 6.72. The van der Waals surface area contributed by atoms with E-state index in [0.29, 0.717) is 17.9 Å². The minimum absolute atomic E-state index is 0.00790. The third kappa shape index (κ3) is 3.60. The summed E-state index contributed by atoms with van der Waals surface area (Å²) in [5, 5.41) is 3.92. The average molecular weight is 368 g/mol. The number of carbonyl (C=O) groups excluding carboxylic acids is 1. The normalized spacial score (nSPS) is 16.0. The monoisotopic (exact) mass is 368 g/mol. The van der Waals surface area contributed by atoms with Crippen LogP contribution in [0.15, 0.2) is 42.5 Å². The number of hydrogen-bond acceptors (Lipinski definition) is 3. The first-order chi connectivity index (χ1) is 13.1. The van der Waals surface area contributed by atoms with Crippen LogP contribution < -0.4 is 14.8 Å². The highest BCUT2D eigenvalue weighted by Crippen LogP contribution is 2.30. The van der Waals surface area contributed by atoms with Crippen LogP contribution >= 0.6 is 0 Å². The van der Waals surface area contributed by atoms with Crippen LogP contribution in [0.2, 0.25) is 0 Å². The number of fused-ring (bicyclic) bond motifs is 3. The number of rotatable bonds is 5. The number of ether oxygens (including phenoxy) is 2. The molecule has 1 heterocycles. The maximum atomic E-state index is 13.6. The number of aromatic amines is 1. The molecule has 1 aliphatic carbocycles. The quantitative estimate of drug-likeness (QED) is 0.726. The third-order valence-electron chi connectivity index (χ3n) is 4.94. The van der Waals surface area contributed by atoms with E-state index in [1.54, 1.807) is 31.4 Å². The van der Waals surface area contributed by atoms with Crippen molar-refractivity contribution in [2.45, 2.75) is 25.3 Å². The molecule has 0 radical (unpaired) electrons. The zero-order chi connectivity index (χ0) is 18.8. The molecule has 0 fully saturated rings. The molecular formula is C21H21FN2O3. The molecule has 5 nitrogen and oxygen atoms in total. The number of carbonyl (C=O) groups is 1. The molecule has 1 atom stereocenters. The van der Waals surface area contributed by atoms with E-state index in [4.69, 9.17) is 9.47 Å². The van der Waals surface area contributed by atoms with Crippen molar-refractivity contribution in [3.63, 3.8) is 0 Å². The van der Waals surface area contributed by atoms with Gasteiger partial charge < -0.3 is 19.8 Å². The number of benzene rings is 2. The highest BCUT2D eigenvalue weighted by atomic mass is 19.1. The molecule has 0 aliphatic heterocycles. The standard InChI is InChI=1S/C21H21FN2O3/c1-26-19-4-2-3-5-20(19)27-12-21(25)23-14-7-9-18-16(11-14)15-10-13(22)6-8-17(15)24-18/h2-6,8,10,14,24H,7,9,11-12H2,1H3,(H,23,25). The smallest absolute Gasteiger partial charge is 0.258 e. The van der Waals surface area contributed by atoms with E-state index in [2.05, 4.69) is 10.3 Å². The minimum atomic E-state index is -0.249. The molecule has 0 bridgehead atoms. The summed E-state index contributed by atoms with van der Waals surface area (Å²) in [5.74, 6) is 0.697. The number of nitrogens with one attached hydrogen (secondary N) is 2. The van der Waals surface area contributed by atoms with Crippen LogP contribution in [-0.4, -0.2) is 30.6 Å². The first kappa shape index (κ1) is 17.4. The van der Waals surface area contributed by atoms with Crippen molar-refractivity contribution in [3.05, 3.63) is 59.5 Å². The zero-order valence-corrected chi connectivity index (χ0v) is 15.0. The van der Waals surface area contributed by atoms with Gasteiger partial charge in [-0.3, -0.25) is 4.79 Å². The Labute approximate surface area is 156 Å². The van der Waals surface area contributed by atoms with E-state index in [-0.39, 0.29) is 24.4 Å². The second-order valence-corrected chi connectivity index (χ2v) is 6.72. The number of amides is 1. The van der Waals surface area contributed by atoms with Gasteiger partial charge in [-0.2, -0.15) is 0 Å². The van der Waals surface area contributed by atoms with E-state index in [1.807, 2.05) is 12.1 Å². The fraction of sp³-hybridized carbons (Fsp3) is 0.286. The summed E-state index contributed by atoms with van der Waals surface area (Å²) in [6.07, 6.45) is 2.34. The van der Waals surface area contributed by atoms with Crippen LogP contribution in [0.1, 0.15) is 17.7 Å². The molecule has 0 saturated carbocycles. The summed E-state index contributed by atoms with van der Waals surface area (Å²) in [5.41, 5.74) is 3.16. The van der Waals surface area contributed by atoms with Gasteiger partial charge in [0.25, 0.3) is 5.91 Å². The second kappa shape index (κ2) is 7.31. The Balaban J connectivity index is 1.40. The lowest BCUT2D eigenvalue weighted by Gasteiger charge is -2.23. The molecule has 6 heteroatoms. The largest absolute Gasteiger partial charge is 0.493 e. The molecule has 1 amide bonds. The SMILES string of the molecule is COc1ccccc1OCC(=O)NC1CCc2[nH]c3ccc(F)cc3c2C1. The predicted molar refractivity (Wildman–Crippen MR) is 101 cm³/mol. The Bertz CT molecular complexity index is 983. The summed E-state index contributed by atoms with van der Waals surface area (Å²) >= 11 is 0. The van der Waals surface area contributed by atoms with Crippen molar-refractivity contribution in [1.82, 2.24) is 10.3 Å². The minimum Gasteiger partial charge on any atom is -0.493 e. The summed E-state index contributed by atoms with van der Waals surface area (Å²) in [6.45, 7) is -0.0771. The Hall–Kier alpha value is -3.02. The Morgan fingerprint density at radius 1 is 1.26 bits per heavy atom. The number of halogens is 1. The topological polar surface area (TPSA) is 63.4 Å². The summed E-state index contributed by atoms with van der Waals surface area (Å²) in [6, 6.07) is 12.0. The molecule has 1 aliphatic rings. The van der Waals surface area contributed by atoms with Gasteiger partial charge in [0.1, 0.15) is 5.82 Å². The van der Waals surface area contributed by atoms with Gasteiger partial charge in [-0.25, -0.2) is 4.39 Å². The number of para-hydroxylation sites is 2. The van der Waals surface area contributed by atoms with Crippen LogP contribution in [0.4, 0.5) is 4.39 Å². The van der Waals surface area contributed by atoms with Gasteiger partial charge in [-0.15, -0.1) is 0 Å². The van der Waals surface area contributed by atoms with Gasteiger partial charge in [0.15, 0.2) is 18.1 Å². The maximum Gasteiger partial charge on any atom is 0.258 e.